The average Bonchev–Trinajstić information content (AvgIpc) is 3.25. The third-order valence-electron chi connectivity index (χ3n) is 4.25. The Morgan fingerprint density at radius 3 is 2.61 bits per heavy atom. The molecule has 3 aromatic rings. The van der Waals surface area contributed by atoms with Crippen LogP contribution in [-0.2, 0) is 17.8 Å². The van der Waals surface area contributed by atoms with E-state index in [9.17, 15) is 9.59 Å². The first-order chi connectivity index (χ1) is 15.0. The first-order valence-corrected chi connectivity index (χ1v) is 10.5. The molecule has 0 fully saturated rings. The fourth-order valence-corrected chi connectivity index (χ4v) is 3.62. The number of nitrogens with one attached hydrogen (secondary N) is 2. The van der Waals surface area contributed by atoms with Gasteiger partial charge in [-0.15, -0.1) is 10.2 Å². The van der Waals surface area contributed by atoms with Gasteiger partial charge >= 0.3 is 0 Å². The summed E-state index contributed by atoms with van der Waals surface area (Å²) in [5.41, 5.74) is 1.46. The molecule has 3 rings (SSSR count). The smallest absolute Gasteiger partial charge is 0.286 e. The van der Waals surface area contributed by atoms with Gasteiger partial charge in [-0.3, -0.25) is 9.59 Å². The lowest BCUT2D eigenvalue weighted by atomic mass is 10.2. The lowest BCUT2D eigenvalue weighted by Gasteiger charge is -2.10. The largest absolute Gasteiger partial charge is 0.493 e. The summed E-state index contributed by atoms with van der Waals surface area (Å²) in [6, 6.07) is 12.3. The van der Waals surface area contributed by atoms with Crippen molar-refractivity contribution in [3.63, 3.8) is 0 Å². The van der Waals surface area contributed by atoms with Gasteiger partial charge in [0, 0.05) is 30.1 Å². The molecule has 31 heavy (non-hydrogen) atoms. The van der Waals surface area contributed by atoms with Gasteiger partial charge in [-0.25, -0.2) is 0 Å². The molecular weight excluding hydrogens is 440 g/mol. The second-order valence-corrected chi connectivity index (χ2v) is 7.93. The monoisotopic (exact) mass is 460 g/mol. The van der Waals surface area contributed by atoms with Gasteiger partial charge in [-0.2, -0.15) is 0 Å². The van der Waals surface area contributed by atoms with Gasteiger partial charge in [-0.05, 0) is 35.9 Å². The molecule has 0 saturated carbocycles. The molecule has 0 aliphatic carbocycles. The molecule has 10 heteroatoms. The number of methoxy groups -OCH3 is 2. The number of ether oxygens (including phenoxy) is 2. The van der Waals surface area contributed by atoms with Crippen molar-refractivity contribution in [2.75, 3.05) is 19.5 Å². The molecule has 2 N–H and O–H groups in total. The first kappa shape index (κ1) is 22.5. The van der Waals surface area contributed by atoms with Crippen molar-refractivity contribution in [1.29, 1.82) is 0 Å². The lowest BCUT2D eigenvalue weighted by molar-refractivity contribution is -0.121. The molecule has 0 radical (unpaired) electrons. The molecule has 0 unspecified atom stereocenters. The number of hydrogen-bond donors (Lipinski definition) is 2. The van der Waals surface area contributed by atoms with Crippen LogP contribution in [0.5, 0.6) is 11.5 Å². The Kier molecular flexibility index (Phi) is 7.80. The standard InChI is InChI=1S/C21H21ClN4O4S/c1-29-16-7-6-13(10-17(16)30-2)12-23-18(27)8-9-19-25-26-21(31-19)20(28)24-15-5-3-4-14(22)11-15/h3-7,10-11H,8-9,12H2,1-2H3,(H,23,27)(H,24,28). The van der Waals surface area contributed by atoms with Crippen LogP contribution in [0.2, 0.25) is 5.02 Å². The highest BCUT2D eigenvalue weighted by Gasteiger charge is 2.14. The van der Waals surface area contributed by atoms with Crippen molar-refractivity contribution < 1.29 is 19.1 Å². The molecule has 0 atom stereocenters. The molecule has 162 valence electrons. The zero-order chi connectivity index (χ0) is 22.2. The first-order valence-electron chi connectivity index (χ1n) is 9.35. The molecule has 0 bridgehead atoms. The van der Waals surface area contributed by atoms with Crippen molar-refractivity contribution in [3.05, 3.63) is 63.1 Å². The molecular formula is C21H21ClN4O4S. The number of aromatic nitrogens is 2. The van der Waals surface area contributed by atoms with Gasteiger partial charge in [0.25, 0.3) is 5.91 Å². The van der Waals surface area contributed by atoms with E-state index in [1.54, 1.807) is 44.6 Å². The van der Waals surface area contributed by atoms with Crippen molar-refractivity contribution in [2.24, 2.45) is 0 Å². The predicted molar refractivity (Wildman–Crippen MR) is 119 cm³/mol. The number of halogens is 1. The molecule has 2 aromatic carbocycles. The van der Waals surface area contributed by atoms with Crippen LogP contribution in [0.25, 0.3) is 0 Å². The van der Waals surface area contributed by atoms with Crippen molar-refractivity contribution in [2.45, 2.75) is 19.4 Å². The second-order valence-electron chi connectivity index (χ2n) is 6.43. The lowest BCUT2D eigenvalue weighted by Crippen LogP contribution is -2.23. The third kappa shape index (κ3) is 6.40. The Labute approximate surface area is 188 Å². The Balaban J connectivity index is 1.47. The number of carbonyl (C=O) groups excluding carboxylic acids is 2. The molecule has 2 amide bonds. The summed E-state index contributed by atoms with van der Waals surface area (Å²) in [5, 5.41) is 14.8. The number of benzene rings is 2. The normalized spacial score (nSPS) is 10.4. The number of hydrogen-bond acceptors (Lipinski definition) is 7. The number of carbonyl (C=O) groups is 2. The van der Waals surface area contributed by atoms with E-state index in [2.05, 4.69) is 20.8 Å². The van der Waals surface area contributed by atoms with E-state index in [0.29, 0.717) is 40.2 Å². The number of amides is 2. The van der Waals surface area contributed by atoms with E-state index in [0.717, 1.165) is 16.9 Å². The SMILES string of the molecule is COc1ccc(CNC(=O)CCc2nnc(C(=O)Nc3cccc(Cl)c3)s2)cc1OC. The summed E-state index contributed by atoms with van der Waals surface area (Å²) in [4.78, 5) is 24.5. The zero-order valence-corrected chi connectivity index (χ0v) is 18.5. The Morgan fingerprint density at radius 1 is 1.06 bits per heavy atom. The molecule has 0 aliphatic rings. The minimum atomic E-state index is -0.371. The van der Waals surface area contributed by atoms with Crippen LogP contribution < -0.4 is 20.1 Å². The summed E-state index contributed by atoms with van der Waals surface area (Å²) in [7, 11) is 3.13. The maximum atomic E-state index is 12.3. The number of aryl methyl sites for hydroxylation is 1. The predicted octanol–water partition coefficient (Wildman–Crippen LogP) is 3.71. The number of anilines is 1. The highest BCUT2D eigenvalue weighted by molar-refractivity contribution is 7.13. The summed E-state index contributed by atoms with van der Waals surface area (Å²) >= 11 is 7.07. The average molecular weight is 461 g/mol. The van der Waals surface area contributed by atoms with Crippen LogP contribution in [0.3, 0.4) is 0 Å². The van der Waals surface area contributed by atoms with E-state index in [1.165, 1.54) is 0 Å². The van der Waals surface area contributed by atoms with E-state index in [4.69, 9.17) is 21.1 Å². The molecule has 0 spiro atoms. The number of nitrogens with zero attached hydrogens (tertiary/aromatic N) is 2. The van der Waals surface area contributed by atoms with Crippen LogP contribution >= 0.6 is 22.9 Å². The van der Waals surface area contributed by atoms with Crippen molar-refractivity contribution >= 4 is 40.4 Å². The molecule has 1 aromatic heterocycles. The summed E-state index contributed by atoms with van der Waals surface area (Å²) in [5.74, 6) is 0.731. The van der Waals surface area contributed by atoms with Gasteiger partial charge in [0.2, 0.25) is 10.9 Å². The Hall–Kier alpha value is -3.17. The summed E-state index contributed by atoms with van der Waals surface area (Å²) < 4.78 is 10.5. The van der Waals surface area contributed by atoms with Gasteiger partial charge in [0.1, 0.15) is 5.01 Å². The van der Waals surface area contributed by atoms with Crippen LogP contribution in [0.4, 0.5) is 5.69 Å². The van der Waals surface area contributed by atoms with E-state index in [-0.39, 0.29) is 23.2 Å². The minimum Gasteiger partial charge on any atom is -0.493 e. The van der Waals surface area contributed by atoms with Crippen LogP contribution in [-0.4, -0.2) is 36.2 Å². The minimum absolute atomic E-state index is 0.130. The summed E-state index contributed by atoms with van der Waals surface area (Å²) in [6.07, 6.45) is 0.623. The van der Waals surface area contributed by atoms with E-state index < -0.39 is 0 Å². The Bertz CT molecular complexity index is 1070. The molecule has 0 saturated heterocycles. The second kappa shape index (κ2) is 10.7. The molecule has 1 heterocycles. The number of rotatable bonds is 9. The van der Waals surface area contributed by atoms with Crippen LogP contribution in [0.15, 0.2) is 42.5 Å². The fraction of sp³-hybridized carbons (Fsp3) is 0.238. The Morgan fingerprint density at radius 2 is 1.87 bits per heavy atom. The van der Waals surface area contributed by atoms with Crippen molar-refractivity contribution in [1.82, 2.24) is 15.5 Å². The quantitative estimate of drug-likeness (QED) is 0.504. The molecule has 0 aliphatic heterocycles. The van der Waals surface area contributed by atoms with Crippen LogP contribution in [0, 0.1) is 0 Å². The molecule has 8 nitrogen and oxygen atoms in total. The third-order valence-corrected chi connectivity index (χ3v) is 5.46. The van der Waals surface area contributed by atoms with Gasteiger partial charge in [0.05, 0.1) is 14.2 Å². The van der Waals surface area contributed by atoms with Gasteiger partial charge in [0.15, 0.2) is 11.5 Å². The van der Waals surface area contributed by atoms with Crippen molar-refractivity contribution in [3.8, 4) is 11.5 Å². The van der Waals surface area contributed by atoms with Gasteiger partial charge in [-0.1, -0.05) is 35.1 Å². The highest BCUT2D eigenvalue weighted by Crippen LogP contribution is 2.27. The maximum absolute atomic E-state index is 12.3. The van der Waals surface area contributed by atoms with Crippen LogP contribution in [0.1, 0.15) is 26.8 Å². The zero-order valence-electron chi connectivity index (χ0n) is 17.0. The summed E-state index contributed by atoms with van der Waals surface area (Å²) in [6.45, 7) is 0.364. The van der Waals surface area contributed by atoms with E-state index in [1.807, 2.05) is 12.1 Å². The van der Waals surface area contributed by atoms with Gasteiger partial charge < -0.3 is 20.1 Å². The topological polar surface area (TPSA) is 102 Å². The maximum Gasteiger partial charge on any atom is 0.286 e. The van der Waals surface area contributed by atoms with E-state index >= 15 is 0 Å². The highest BCUT2D eigenvalue weighted by atomic mass is 35.5. The fourth-order valence-electron chi connectivity index (χ4n) is 2.70.